The molecule has 0 saturated heterocycles. The average Bonchev–Trinajstić information content (AvgIpc) is 2.38. The molecule has 18 heavy (non-hydrogen) atoms. The van der Waals surface area contributed by atoms with E-state index in [1.807, 2.05) is 12.1 Å². The molecule has 0 amide bonds. The second-order valence-corrected chi connectivity index (χ2v) is 5.57. The number of aromatic nitrogens is 1. The molecule has 1 heterocycles. The van der Waals surface area contributed by atoms with E-state index < -0.39 is 6.10 Å². The highest BCUT2D eigenvalue weighted by molar-refractivity contribution is 5.40. The van der Waals surface area contributed by atoms with Crippen molar-refractivity contribution >= 4 is 5.82 Å². The molecule has 1 aromatic heterocycles. The van der Waals surface area contributed by atoms with Crippen LogP contribution in [0.1, 0.15) is 51.2 Å². The smallest absolute Gasteiger partial charge is 0.128 e. The molecule has 0 aromatic carbocycles. The first-order valence-corrected chi connectivity index (χ1v) is 6.96. The molecule has 100 valence electrons. The summed E-state index contributed by atoms with van der Waals surface area (Å²) in [7, 11) is 2.14. The van der Waals surface area contributed by atoms with Crippen LogP contribution in [0.3, 0.4) is 0 Å². The normalized spacial score (nSPS) is 25.8. The van der Waals surface area contributed by atoms with E-state index in [-0.39, 0.29) is 0 Å². The molecular weight excluding hydrogens is 224 g/mol. The molecule has 0 spiro atoms. The van der Waals surface area contributed by atoms with Gasteiger partial charge in [-0.05, 0) is 37.3 Å². The standard InChI is InChI=1S/C15H24N2O/c1-11-6-4-5-7-14(11)17(3)15-9-8-13(10-16-15)12(2)18/h8-12,14,18H,4-7H2,1-3H3. The molecule has 0 bridgehead atoms. The van der Waals surface area contributed by atoms with E-state index in [0.29, 0.717) is 6.04 Å². The number of rotatable bonds is 3. The van der Waals surface area contributed by atoms with E-state index in [2.05, 4.69) is 23.9 Å². The van der Waals surface area contributed by atoms with Crippen LogP contribution in [0.25, 0.3) is 0 Å². The van der Waals surface area contributed by atoms with E-state index in [4.69, 9.17) is 0 Å². The fraction of sp³-hybridized carbons (Fsp3) is 0.667. The molecule has 1 aromatic rings. The molecule has 2 rings (SSSR count). The van der Waals surface area contributed by atoms with Crippen LogP contribution in [0.5, 0.6) is 0 Å². The second-order valence-electron chi connectivity index (χ2n) is 5.57. The predicted octanol–water partition coefficient (Wildman–Crippen LogP) is 3.15. The zero-order valence-electron chi connectivity index (χ0n) is 11.6. The van der Waals surface area contributed by atoms with Gasteiger partial charge in [0.25, 0.3) is 0 Å². The Morgan fingerprint density at radius 2 is 2.06 bits per heavy atom. The lowest BCUT2D eigenvalue weighted by molar-refractivity contribution is 0.199. The largest absolute Gasteiger partial charge is 0.389 e. The van der Waals surface area contributed by atoms with E-state index in [1.54, 1.807) is 13.1 Å². The van der Waals surface area contributed by atoms with Gasteiger partial charge in [0.1, 0.15) is 5.82 Å². The summed E-state index contributed by atoms with van der Waals surface area (Å²) in [4.78, 5) is 6.78. The monoisotopic (exact) mass is 248 g/mol. The average molecular weight is 248 g/mol. The molecule has 3 unspecified atom stereocenters. The SMILES string of the molecule is CC(O)c1ccc(N(C)C2CCCCC2C)nc1. The van der Waals surface area contributed by atoms with Crippen LogP contribution in [0, 0.1) is 5.92 Å². The maximum atomic E-state index is 9.49. The fourth-order valence-electron chi connectivity index (χ4n) is 2.90. The van der Waals surface area contributed by atoms with Gasteiger partial charge in [-0.15, -0.1) is 0 Å². The topological polar surface area (TPSA) is 36.4 Å². The molecule has 1 saturated carbocycles. The molecule has 3 atom stereocenters. The molecule has 3 nitrogen and oxygen atoms in total. The summed E-state index contributed by atoms with van der Waals surface area (Å²) >= 11 is 0. The Hall–Kier alpha value is -1.09. The van der Waals surface area contributed by atoms with Crippen molar-refractivity contribution in [2.45, 2.75) is 51.7 Å². The highest BCUT2D eigenvalue weighted by atomic mass is 16.3. The number of aliphatic hydroxyl groups is 1. The third kappa shape index (κ3) is 2.83. The van der Waals surface area contributed by atoms with Gasteiger partial charge in [-0.1, -0.05) is 25.8 Å². The number of hydrogen-bond acceptors (Lipinski definition) is 3. The Morgan fingerprint density at radius 1 is 1.33 bits per heavy atom. The first-order valence-electron chi connectivity index (χ1n) is 6.96. The summed E-state index contributed by atoms with van der Waals surface area (Å²) < 4.78 is 0. The number of anilines is 1. The third-order valence-corrected chi connectivity index (χ3v) is 4.18. The highest BCUT2D eigenvalue weighted by Crippen LogP contribution is 2.29. The molecule has 0 aliphatic heterocycles. The van der Waals surface area contributed by atoms with Crippen molar-refractivity contribution in [3.63, 3.8) is 0 Å². The van der Waals surface area contributed by atoms with Crippen LogP contribution in [0.4, 0.5) is 5.82 Å². The highest BCUT2D eigenvalue weighted by Gasteiger charge is 2.25. The Balaban J connectivity index is 2.10. The molecule has 1 aliphatic rings. The van der Waals surface area contributed by atoms with Crippen LogP contribution in [-0.2, 0) is 0 Å². The summed E-state index contributed by atoms with van der Waals surface area (Å²) in [6, 6.07) is 4.59. The van der Waals surface area contributed by atoms with E-state index in [1.165, 1.54) is 25.7 Å². The van der Waals surface area contributed by atoms with Crippen molar-refractivity contribution in [2.75, 3.05) is 11.9 Å². The van der Waals surface area contributed by atoms with Crippen LogP contribution >= 0.6 is 0 Å². The molecule has 1 fully saturated rings. The van der Waals surface area contributed by atoms with Crippen molar-refractivity contribution in [2.24, 2.45) is 5.92 Å². The predicted molar refractivity (Wildman–Crippen MR) is 74.7 cm³/mol. The lowest BCUT2D eigenvalue weighted by Gasteiger charge is -2.37. The Morgan fingerprint density at radius 3 is 2.61 bits per heavy atom. The van der Waals surface area contributed by atoms with Gasteiger partial charge in [-0.2, -0.15) is 0 Å². The van der Waals surface area contributed by atoms with Gasteiger partial charge in [0.2, 0.25) is 0 Å². The molecule has 0 radical (unpaired) electrons. The van der Waals surface area contributed by atoms with E-state index >= 15 is 0 Å². The summed E-state index contributed by atoms with van der Waals surface area (Å²) in [6.07, 6.45) is 6.61. The van der Waals surface area contributed by atoms with Gasteiger partial charge in [-0.3, -0.25) is 0 Å². The minimum atomic E-state index is -0.439. The molecule has 1 aliphatic carbocycles. The zero-order chi connectivity index (χ0) is 13.1. The fourth-order valence-corrected chi connectivity index (χ4v) is 2.90. The number of aliphatic hydroxyl groups excluding tert-OH is 1. The summed E-state index contributed by atoms with van der Waals surface area (Å²) in [5, 5.41) is 9.49. The van der Waals surface area contributed by atoms with Crippen LogP contribution in [0.15, 0.2) is 18.3 Å². The van der Waals surface area contributed by atoms with Crippen molar-refractivity contribution in [3.05, 3.63) is 23.9 Å². The van der Waals surface area contributed by atoms with Crippen molar-refractivity contribution in [3.8, 4) is 0 Å². The number of hydrogen-bond donors (Lipinski definition) is 1. The van der Waals surface area contributed by atoms with Gasteiger partial charge < -0.3 is 10.0 Å². The first-order chi connectivity index (χ1) is 8.59. The Labute approximate surface area is 110 Å². The minimum Gasteiger partial charge on any atom is -0.389 e. The van der Waals surface area contributed by atoms with Crippen LogP contribution < -0.4 is 4.90 Å². The molecule has 3 heteroatoms. The van der Waals surface area contributed by atoms with Gasteiger partial charge in [0, 0.05) is 19.3 Å². The van der Waals surface area contributed by atoms with Crippen LogP contribution in [-0.4, -0.2) is 23.2 Å². The maximum absolute atomic E-state index is 9.49. The quantitative estimate of drug-likeness (QED) is 0.892. The lowest BCUT2D eigenvalue weighted by Crippen LogP contribution is -2.39. The number of pyridine rings is 1. The first kappa shape index (κ1) is 13.3. The zero-order valence-corrected chi connectivity index (χ0v) is 11.6. The van der Waals surface area contributed by atoms with Gasteiger partial charge in [-0.25, -0.2) is 4.98 Å². The summed E-state index contributed by atoms with van der Waals surface area (Å²) in [5.74, 6) is 1.75. The maximum Gasteiger partial charge on any atom is 0.128 e. The lowest BCUT2D eigenvalue weighted by atomic mass is 9.85. The molecule has 1 N–H and O–H groups in total. The molecular formula is C15H24N2O. The van der Waals surface area contributed by atoms with Gasteiger partial charge in [0.15, 0.2) is 0 Å². The third-order valence-electron chi connectivity index (χ3n) is 4.18. The van der Waals surface area contributed by atoms with Crippen LogP contribution in [0.2, 0.25) is 0 Å². The summed E-state index contributed by atoms with van der Waals surface area (Å²) in [5.41, 5.74) is 0.879. The van der Waals surface area contributed by atoms with Crippen molar-refractivity contribution < 1.29 is 5.11 Å². The van der Waals surface area contributed by atoms with E-state index in [9.17, 15) is 5.11 Å². The minimum absolute atomic E-state index is 0.439. The van der Waals surface area contributed by atoms with Crippen molar-refractivity contribution in [1.29, 1.82) is 0 Å². The van der Waals surface area contributed by atoms with Gasteiger partial charge in [0.05, 0.1) is 6.10 Å². The van der Waals surface area contributed by atoms with E-state index in [0.717, 1.165) is 17.3 Å². The second kappa shape index (κ2) is 5.70. The van der Waals surface area contributed by atoms with Crippen molar-refractivity contribution in [1.82, 2.24) is 4.98 Å². The van der Waals surface area contributed by atoms with Gasteiger partial charge >= 0.3 is 0 Å². The Kier molecular flexibility index (Phi) is 4.23. The number of nitrogens with zero attached hydrogens (tertiary/aromatic N) is 2. The Bertz CT molecular complexity index is 375. The summed E-state index contributed by atoms with van der Waals surface area (Å²) in [6.45, 7) is 4.11.